The lowest BCUT2D eigenvalue weighted by molar-refractivity contribution is 0.415. The summed E-state index contributed by atoms with van der Waals surface area (Å²) in [5.74, 6) is 0.843. The van der Waals surface area contributed by atoms with Crippen molar-refractivity contribution in [2.45, 2.75) is 0 Å². The lowest BCUT2D eigenvalue weighted by Gasteiger charge is -2.07. The van der Waals surface area contributed by atoms with Gasteiger partial charge in [-0.25, -0.2) is 0 Å². The Hall–Kier alpha value is -2.55. The Morgan fingerprint density at radius 1 is 1.00 bits per heavy atom. The minimum atomic E-state index is 0.747. The number of hydrogen-bond donors (Lipinski definition) is 1. The molecule has 0 radical (unpaired) electrons. The molecule has 0 aliphatic heterocycles. The largest absolute Gasteiger partial charge is 0.497 e. The Morgan fingerprint density at radius 3 is 2.53 bits per heavy atom. The number of methoxy groups -OCH3 is 1. The van der Waals surface area contributed by atoms with E-state index >= 15 is 0 Å². The standard InChI is InChI=1S/C16H14N2O/c1-19-13-6-4-11(5-7-13)12-9-15(17)14-3-2-8-18-16(14)10-12/h2-10H,17H2,1H3. The van der Waals surface area contributed by atoms with Crippen LogP contribution >= 0.6 is 0 Å². The predicted molar refractivity (Wildman–Crippen MR) is 78.1 cm³/mol. The third-order valence-corrected chi connectivity index (χ3v) is 3.18. The summed E-state index contributed by atoms with van der Waals surface area (Å²) in [4.78, 5) is 4.36. The van der Waals surface area contributed by atoms with Crippen molar-refractivity contribution in [3.63, 3.8) is 0 Å². The van der Waals surface area contributed by atoms with Gasteiger partial charge in [0.15, 0.2) is 0 Å². The van der Waals surface area contributed by atoms with Crippen LogP contribution in [0.2, 0.25) is 0 Å². The van der Waals surface area contributed by atoms with Crippen molar-refractivity contribution in [3.05, 3.63) is 54.7 Å². The van der Waals surface area contributed by atoms with Crippen molar-refractivity contribution < 1.29 is 4.74 Å². The zero-order valence-corrected chi connectivity index (χ0v) is 10.6. The third-order valence-electron chi connectivity index (χ3n) is 3.18. The molecule has 2 aromatic carbocycles. The van der Waals surface area contributed by atoms with Gasteiger partial charge in [0.1, 0.15) is 5.75 Å². The van der Waals surface area contributed by atoms with Gasteiger partial charge in [-0.05, 0) is 47.5 Å². The number of fused-ring (bicyclic) bond motifs is 1. The molecule has 3 nitrogen and oxygen atoms in total. The highest BCUT2D eigenvalue weighted by Gasteiger charge is 2.04. The van der Waals surface area contributed by atoms with Gasteiger partial charge >= 0.3 is 0 Å². The Morgan fingerprint density at radius 2 is 1.79 bits per heavy atom. The monoisotopic (exact) mass is 250 g/mol. The Bertz CT molecular complexity index is 720. The molecule has 3 rings (SSSR count). The summed E-state index contributed by atoms with van der Waals surface area (Å²) in [5, 5.41) is 0.986. The molecule has 1 aromatic heterocycles. The summed E-state index contributed by atoms with van der Waals surface area (Å²) in [6.45, 7) is 0. The van der Waals surface area contributed by atoms with Gasteiger partial charge in [-0.3, -0.25) is 4.98 Å². The molecule has 0 atom stereocenters. The molecule has 0 aliphatic carbocycles. The third kappa shape index (κ3) is 2.10. The molecular weight excluding hydrogens is 236 g/mol. The van der Waals surface area contributed by atoms with Gasteiger partial charge in [0.25, 0.3) is 0 Å². The fourth-order valence-electron chi connectivity index (χ4n) is 2.16. The quantitative estimate of drug-likeness (QED) is 0.708. The van der Waals surface area contributed by atoms with Crippen LogP contribution in [0.5, 0.6) is 5.75 Å². The Kier molecular flexibility index (Phi) is 2.80. The number of nitrogens with zero attached hydrogens (tertiary/aromatic N) is 1. The van der Waals surface area contributed by atoms with Crippen LogP contribution in [-0.2, 0) is 0 Å². The van der Waals surface area contributed by atoms with E-state index in [2.05, 4.69) is 4.98 Å². The Labute approximate surface area is 111 Å². The number of aromatic nitrogens is 1. The van der Waals surface area contributed by atoms with Gasteiger partial charge in [0.2, 0.25) is 0 Å². The highest BCUT2D eigenvalue weighted by molar-refractivity contribution is 5.94. The molecule has 94 valence electrons. The van der Waals surface area contributed by atoms with Gasteiger partial charge in [-0.15, -0.1) is 0 Å². The summed E-state index contributed by atoms with van der Waals surface area (Å²) in [6.07, 6.45) is 1.78. The van der Waals surface area contributed by atoms with Crippen LogP contribution in [-0.4, -0.2) is 12.1 Å². The van der Waals surface area contributed by atoms with Crippen LogP contribution < -0.4 is 10.5 Å². The van der Waals surface area contributed by atoms with Crippen molar-refractivity contribution in [1.82, 2.24) is 4.98 Å². The van der Waals surface area contributed by atoms with Crippen LogP contribution in [0.3, 0.4) is 0 Å². The van der Waals surface area contributed by atoms with Crippen molar-refractivity contribution in [2.24, 2.45) is 0 Å². The molecule has 2 N–H and O–H groups in total. The number of ether oxygens (including phenoxy) is 1. The lowest BCUT2D eigenvalue weighted by atomic mass is 10.0. The zero-order chi connectivity index (χ0) is 13.2. The van der Waals surface area contributed by atoms with Crippen LogP contribution in [0.25, 0.3) is 22.0 Å². The molecule has 0 amide bonds. The smallest absolute Gasteiger partial charge is 0.118 e. The highest BCUT2D eigenvalue weighted by atomic mass is 16.5. The molecule has 3 aromatic rings. The molecule has 0 aliphatic rings. The van der Waals surface area contributed by atoms with Crippen LogP contribution in [0.4, 0.5) is 5.69 Å². The van der Waals surface area contributed by atoms with E-state index < -0.39 is 0 Å². The summed E-state index contributed by atoms with van der Waals surface area (Å²) >= 11 is 0. The van der Waals surface area contributed by atoms with Gasteiger partial charge in [0, 0.05) is 17.3 Å². The molecule has 19 heavy (non-hydrogen) atoms. The van der Waals surface area contributed by atoms with Crippen molar-refractivity contribution in [3.8, 4) is 16.9 Å². The molecule has 1 heterocycles. The van der Waals surface area contributed by atoms with Gasteiger partial charge in [0.05, 0.1) is 12.6 Å². The minimum Gasteiger partial charge on any atom is -0.497 e. The molecule has 0 saturated heterocycles. The molecule has 0 fully saturated rings. The van der Waals surface area contributed by atoms with E-state index in [1.165, 1.54) is 0 Å². The second-order valence-electron chi connectivity index (χ2n) is 4.36. The topological polar surface area (TPSA) is 48.1 Å². The maximum Gasteiger partial charge on any atom is 0.118 e. The van der Waals surface area contributed by atoms with Crippen molar-refractivity contribution in [1.29, 1.82) is 0 Å². The fraction of sp³-hybridized carbons (Fsp3) is 0.0625. The number of nitrogen functional groups attached to an aromatic ring is 1. The van der Waals surface area contributed by atoms with E-state index in [1.807, 2.05) is 48.5 Å². The van der Waals surface area contributed by atoms with Crippen LogP contribution in [0.1, 0.15) is 0 Å². The van der Waals surface area contributed by atoms with Crippen LogP contribution in [0.15, 0.2) is 54.7 Å². The first kappa shape index (κ1) is 11.5. The predicted octanol–water partition coefficient (Wildman–Crippen LogP) is 3.49. The van der Waals surface area contributed by atoms with E-state index in [0.717, 1.165) is 33.5 Å². The normalized spacial score (nSPS) is 10.6. The van der Waals surface area contributed by atoms with E-state index in [-0.39, 0.29) is 0 Å². The van der Waals surface area contributed by atoms with Crippen LogP contribution in [0, 0.1) is 0 Å². The zero-order valence-electron chi connectivity index (χ0n) is 10.6. The van der Waals surface area contributed by atoms with Crippen molar-refractivity contribution >= 4 is 16.6 Å². The van der Waals surface area contributed by atoms with E-state index in [9.17, 15) is 0 Å². The molecule has 0 unspecified atom stereocenters. The average molecular weight is 250 g/mol. The summed E-state index contributed by atoms with van der Waals surface area (Å²) < 4.78 is 5.16. The maximum atomic E-state index is 6.09. The summed E-state index contributed by atoms with van der Waals surface area (Å²) in [7, 11) is 1.66. The molecule has 3 heteroatoms. The van der Waals surface area contributed by atoms with Crippen molar-refractivity contribution in [2.75, 3.05) is 12.8 Å². The molecule has 0 spiro atoms. The molecule has 0 saturated carbocycles. The van der Waals surface area contributed by atoms with Gasteiger partial charge < -0.3 is 10.5 Å². The summed E-state index contributed by atoms with van der Waals surface area (Å²) in [5.41, 5.74) is 9.90. The second-order valence-corrected chi connectivity index (χ2v) is 4.36. The second kappa shape index (κ2) is 4.61. The number of rotatable bonds is 2. The first-order valence-electron chi connectivity index (χ1n) is 6.06. The first-order valence-corrected chi connectivity index (χ1v) is 6.06. The minimum absolute atomic E-state index is 0.747. The summed E-state index contributed by atoms with van der Waals surface area (Å²) in [6, 6.07) is 15.8. The maximum absolute atomic E-state index is 6.09. The number of benzene rings is 2. The molecule has 0 bridgehead atoms. The first-order chi connectivity index (χ1) is 9.28. The Balaban J connectivity index is 2.14. The van der Waals surface area contributed by atoms with E-state index in [0.29, 0.717) is 0 Å². The average Bonchev–Trinajstić information content (AvgIpc) is 2.47. The number of hydrogen-bond acceptors (Lipinski definition) is 3. The molecular formula is C16H14N2O. The number of nitrogens with two attached hydrogens (primary N) is 1. The lowest BCUT2D eigenvalue weighted by Crippen LogP contribution is -1.90. The van der Waals surface area contributed by atoms with Gasteiger partial charge in [-0.2, -0.15) is 0 Å². The van der Waals surface area contributed by atoms with E-state index in [1.54, 1.807) is 13.3 Å². The number of pyridine rings is 1. The number of anilines is 1. The van der Waals surface area contributed by atoms with Gasteiger partial charge in [-0.1, -0.05) is 12.1 Å². The highest BCUT2D eigenvalue weighted by Crippen LogP contribution is 2.29. The fourth-order valence-corrected chi connectivity index (χ4v) is 2.16. The van der Waals surface area contributed by atoms with E-state index in [4.69, 9.17) is 10.5 Å². The SMILES string of the molecule is COc1ccc(-c2cc(N)c3cccnc3c2)cc1.